The first-order valence-electron chi connectivity index (χ1n) is 16.6. The van der Waals surface area contributed by atoms with Crippen molar-refractivity contribution in [2.24, 2.45) is 0 Å². The summed E-state index contributed by atoms with van der Waals surface area (Å²) in [7, 11) is 0. The summed E-state index contributed by atoms with van der Waals surface area (Å²) in [4.78, 5) is 24.3. The van der Waals surface area contributed by atoms with Gasteiger partial charge in [-0.2, -0.15) is 0 Å². The lowest BCUT2D eigenvalue weighted by Gasteiger charge is -2.45. The van der Waals surface area contributed by atoms with Crippen molar-refractivity contribution in [3.63, 3.8) is 0 Å². The number of hydrogen-bond donors (Lipinski definition) is 1. The third-order valence-corrected chi connectivity index (χ3v) is 10.5. The predicted molar refractivity (Wildman–Crippen MR) is 189 cm³/mol. The molecule has 47 heavy (non-hydrogen) atoms. The average molecular weight is 647 g/mol. The number of carbonyl (C=O) groups is 1. The number of unbranched alkanes of at least 4 members (excludes halogenated alkanes) is 1. The Morgan fingerprint density at radius 1 is 0.851 bits per heavy atom. The fourth-order valence-electron chi connectivity index (χ4n) is 7.84. The number of rotatable bonds is 9. The van der Waals surface area contributed by atoms with E-state index in [0.717, 1.165) is 82.0 Å². The van der Waals surface area contributed by atoms with Crippen molar-refractivity contribution in [2.75, 3.05) is 24.5 Å². The van der Waals surface area contributed by atoms with Gasteiger partial charge >= 0.3 is 0 Å². The summed E-state index contributed by atoms with van der Waals surface area (Å²) in [5.74, 6) is 0.708. The zero-order chi connectivity index (χ0) is 32.5. The van der Waals surface area contributed by atoms with Crippen molar-refractivity contribution in [3.05, 3.63) is 131 Å². The van der Waals surface area contributed by atoms with Crippen LogP contribution in [0.3, 0.4) is 0 Å². The van der Waals surface area contributed by atoms with Gasteiger partial charge in [-0.3, -0.25) is 9.69 Å². The van der Waals surface area contributed by atoms with Gasteiger partial charge < -0.3 is 10.2 Å². The Bertz CT molecular complexity index is 1850. The van der Waals surface area contributed by atoms with Crippen LogP contribution in [-0.4, -0.2) is 47.5 Å². The van der Waals surface area contributed by atoms with Crippen LogP contribution >= 0.6 is 11.6 Å². The van der Waals surface area contributed by atoms with Crippen molar-refractivity contribution in [1.29, 1.82) is 0 Å². The Hall–Kier alpha value is -4.26. The van der Waals surface area contributed by atoms with Crippen LogP contribution in [0.2, 0.25) is 5.02 Å². The fraction of sp³-hybridized carbons (Fsp3) is 0.300. The number of piperazine rings is 1. The maximum Gasteiger partial charge on any atom is 0.235 e. The molecule has 1 aromatic heterocycles. The lowest BCUT2D eigenvalue weighted by atomic mass is 9.73. The second-order valence-electron chi connectivity index (χ2n) is 13.1. The van der Waals surface area contributed by atoms with Crippen LogP contribution in [0.25, 0.3) is 22.0 Å². The van der Waals surface area contributed by atoms with Gasteiger partial charge in [0.25, 0.3) is 0 Å². The van der Waals surface area contributed by atoms with Crippen LogP contribution in [0.15, 0.2) is 103 Å². The lowest BCUT2D eigenvalue weighted by Crippen LogP contribution is -2.57. The molecule has 0 bridgehead atoms. The summed E-state index contributed by atoms with van der Waals surface area (Å²) in [6, 6.07) is 33.7. The van der Waals surface area contributed by atoms with Gasteiger partial charge in [-0.15, -0.1) is 0 Å². The molecule has 0 spiro atoms. The van der Waals surface area contributed by atoms with E-state index in [4.69, 9.17) is 16.6 Å². The SMILES string of the molecule is C[C@@H]1CN(c2ccc3c(Cl)cccc3n2)C[C@H](C)N1CCCCC1(C(=O)NCc2ccc(F)cc2)c2ccccc2-c2ccccc21. The van der Waals surface area contributed by atoms with Gasteiger partial charge in [-0.05, 0) is 97.4 Å². The zero-order valence-corrected chi connectivity index (χ0v) is 27.7. The van der Waals surface area contributed by atoms with Gasteiger partial charge in [-0.25, -0.2) is 9.37 Å². The van der Waals surface area contributed by atoms with Crippen LogP contribution in [0, 0.1) is 5.82 Å². The molecule has 240 valence electrons. The van der Waals surface area contributed by atoms with Crippen LogP contribution in [0.1, 0.15) is 49.8 Å². The van der Waals surface area contributed by atoms with E-state index >= 15 is 0 Å². The molecule has 0 saturated carbocycles. The van der Waals surface area contributed by atoms with Crippen molar-refractivity contribution >= 4 is 34.2 Å². The van der Waals surface area contributed by atoms with E-state index < -0.39 is 5.41 Å². The Balaban J connectivity index is 1.06. The smallest absolute Gasteiger partial charge is 0.235 e. The van der Waals surface area contributed by atoms with Crippen LogP contribution in [-0.2, 0) is 16.8 Å². The molecule has 5 nitrogen and oxygen atoms in total. The van der Waals surface area contributed by atoms with E-state index in [1.165, 1.54) is 12.1 Å². The molecule has 7 heteroatoms. The number of halogens is 2. The highest BCUT2D eigenvalue weighted by Gasteiger charge is 2.48. The van der Waals surface area contributed by atoms with Gasteiger partial charge in [0, 0.05) is 42.1 Å². The molecule has 1 saturated heterocycles. The summed E-state index contributed by atoms with van der Waals surface area (Å²) in [5.41, 5.74) is 5.40. The molecule has 1 aliphatic carbocycles. The number of nitrogens with one attached hydrogen (secondary N) is 1. The van der Waals surface area contributed by atoms with Crippen molar-refractivity contribution in [3.8, 4) is 11.1 Å². The number of benzene rings is 4. The highest BCUT2D eigenvalue weighted by molar-refractivity contribution is 6.35. The first kappa shape index (κ1) is 31.3. The third kappa shape index (κ3) is 5.90. The summed E-state index contributed by atoms with van der Waals surface area (Å²) in [5, 5.41) is 4.94. The van der Waals surface area contributed by atoms with Gasteiger partial charge in [0.05, 0.1) is 5.52 Å². The minimum Gasteiger partial charge on any atom is -0.353 e. The molecule has 1 N–H and O–H groups in total. The highest BCUT2D eigenvalue weighted by Crippen LogP contribution is 2.51. The second kappa shape index (κ2) is 13.1. The van der Waals surface area contributed by atoms with Crippen LogP contribution in [0.4, 0.5) is 10.2 Å². The first-order chi connectivity index (χ1) is 22.8. The van der Waals surface area contributed by atoms with Gasteiger partial charge in [0.15, 0.2) is 0 Å². The summed E-state index contributed by atoms with van der Waals surface area (Å²) in [6.07, 6.45) is 2.60. The van der Waals surface area contributed by atoms with Gasteiger partial charge in [0.2, 0.25) is 5.91 Å². The Kier molecular flexibility index (Phi) is 8.73. The normalized spacial score (nSPS) is 18.6. The van der Waals surface area contributed by atoms with E-state index in [1.807, 2.05) is 42.5 Å². The van der Waals surface area contributed by atoms with Crippen molar-refractivity contribution < 1.29 is 9.18 Å². The number of nitrogens with zero attached hydrogens (tertiary/aromatic N) is 3. The van der Waals surface area contributed by atoms with E-state index in [1.54, 1.807) is 12.1 Å². The summed E-state index contributed by atoms with van der Waals surface area (Å²) >= 11 is 6.39. The zero-order valence-electron chi connectivity index (χ0n) is 26.9. The molecular weight excluding hydrogens is 607 g/mol. The molecular formula is C40H40ClFN4O. The Morgan fingerprint density at radius 2 is 1.51 bits per heavy atom. The minimum atomic E-state index is -0.784. The van der Waals surface area contributed by atoms with E-state index in [0.29, 0.717) is 25.0 Å². The molecule has 1 amide bonds. The van der Waals surface area contributed by atoms with Gasteiger partial charge in [0.1, 0.15) is 17.1 Å². The van der Waals surface area contributed by atoms with Crippen molar-refractivity contribution in [2.45, 2.75) is 57.2 Å². The number of carbonyl (C=O) groups excluding carboxylic acids is 1. The third-order valence-electron chi connectivity index (χ3n) is 10.1. The number of anilines is 1. The largest absolute Gasteiger partial charge is 0.353 e. The Morgan fingerprint density at radius 3 is 2.19 bits per heavy atom. The number of aromatic nitrogens is 1. The summed E-state index contributed by atoms with van der Waals surface area (Å²) in [6.45, 7) is 7.72. The monoisotopic (exact) mass is 646 g/mol. The quantitative estimate of drug-likeness (QED) is 0.164. The molecule has 4 aromatic carbocycles. The van der Waals surface area contributed by atoms with Crippen LogP contribution in [0.5, 0.6) is 0 Å². The molecule has 2 aliphatic rings. The van der Waals surface area contributed by atoms with Crippen LogP contribution < -0.4 is 10.2 Å². The van der Waals surface area contributed by atoms with E-state index in [-0.39, 0.29) is 11.7 Å². The molecule has 7 rings (SSSR count). The second-order valence-corrected chi connectivity index (χ2v) is 13.5. The Labute approximate surface area is 281 Å². The van der Waals surface area contributed by atoms with E-state index in [2.05, 4.69) is 65.4 Å². The van der Waals surface area contributed by atoms with E-state index in [9.17, 15) is 9.18 Å². The maximum absolute atomic E-state index is 14.4. The lowest BCUT2D eigenvalue weighted by molar-refractivity contribution is -0.125. The molecule has 2 atom stereocenters. The number of fused-ring (bicyclic) bond motifs is 4. The topological polar surface area (TPSA) is 48.5 Å². The molecule has 1 fully saturated rings. The number of hydrogen-bond acceptors (Lipinski definition) is 4. The van der Waals surface area contributed by atoms with Crippen molar-refractivity contribution in [1.82, 2.24) is 15.2 Å². The predicted octanol–water partition coefficient (Wildman–Crippen LogP) is 8.38. The number of amides is 1. The molecule has 2 heterocycles. The number of pyridine rings is 1. The molecule has 0 radical (unpaired) electrons. The average Bonchev–Trinajstić information content (AvgIpc) is 3.37. The minimum absolute atomic E-state index is 0.00116. The van der Waals surface area contributed by atoms with Gasteiger partial charge in [-0.1, -0.05) is 84.8 Å². The fourth-order valence-corrected chi connectivity index (χ4v) is 8.07. The molecule has 5 aromatic rings. The standard InChI is InChI=1S/C40H40ClFN4O/c1-27-25-45(38-21-20-33-36(41)14-9-15-37(33)44-38)26-28(2)46(27)23-8-7-22-40(39(47)43-24-29-16-18-30(42)19-17-29)34-12-5-3-10-31(34)32-11-4-6-13-35(32)40/h3-6,9-21,27-28H,7-8,22-26H2,1-2H3,(H,43,47)/t27-,28+. The first-order valence-corrected chi connectivity index (χ1v) is 17.0. The summed E-state index contributed by atoms with van der Waals surface area (Å²) < 4.78 is 13.5. The molecule has 0 unspecified atom stereocenters. The highest BCUT2D eigenvalue weighted by atomic mass is 35.5. The molecule has 1 aliphatic heterocycles. The maximum atomic E-state index is 14.4.